The molecule has 1 saturated heterocycles. The van der Waals surface area contributed by atoms with E-state index < -0.39 is 11.8 Å². The van der Waals surface area contributed by atoms with Crippen molar-refractivity contribution in [2.75, 3.05) is 38.2 Å². The zero-order valence-electron chi connectivity index (χ0n) is 17.2. The van der Waals surface area contributed by atoms with Gasteiger partial charge in [-0.15, -0.1) is 0 Å². The number of benzene rings is 2. The molecule has 0 radical (unpaired) electrons. The molecular formula is C22H24N4O5. The maximum absolute atomic E-state index is 12.8. The van der Waals surface area contributed by atoms with Gasteiger partial charge in [-0.05, 0) is 31.2 Å². The number of carbonyl (C=O) groups is 3. The van der Waals surface area contributed by atoms with Crippen molar-refractivity contribution in [3.63, 3.8) is 0 Å². The lowest BCUT2D eigenvalue weighted by molar-refractivity contribution is -0.136. The topological polar surface area (TPSA) is 109 Å². The molecule has 1 fully saturated rings. The summed E-state index contributed by atoms with van der Waals surface area (Å²) in [4.78, 5) is 38.9. The highest BCUT2D eigenvalue weighted by atomic mass is 16.5. The van der Waals surface area contributed by atoms with Crippen molar-refractivity contribution in [1.82, 2.24) is 10.3 Å². The number of rotatable bonds is 6. The van der Waals surface area contributed by atoms with E-state index in [2.05, 4.69) is 15.8 Å². The van der Waals surface area contributed by atoms with Crippen molar-refractivity contribution in [3.05, 3.63) is 59.7 Å². The smallest absolute Gasteiger partial charge is 0.329 e. The fourth-order valence-corrected chi connectivity index (χ4v) is 2.98. The minimum atomic E-state index is -0.959. The summed E-state index contributed by atoms with van der Waals surface area (Å²) in [7, 11) is 0. The highest BCUT2D eigenvalue weighted by molar-refractivity contribution is 6.40. The molecule has 3 rings (SSSR count). The lowest BCUT2D eigenvalue weighted by atomic mass is 10.1. The van der Waals surface area contributed by atoms with Crippen LogP contribution in [-0.2, 0) is 14.3 Å². The molecule has 1 aliphatic rings. The monoisotopic (exact) mass is 424 g/mol. The first kappa shape index (κ1) is 22.0. The van der Waals surface area contributed by atoms with Gasteiger partial charge in [-0.1, -0.05) is 24.3 Å². The minimum absolute atomic E-state index is 0.231. The number of amides is 3. The highest BCUT2D eigenvalue weighted by Crippen LogP contribution is 2.18. The van der Waals surface area contributed by atoms with Gasteiger partial charge in [0.05, 0.1) is 37.3 Å². The Morgan fingerprint density at radius 3 is 2.55 bits per heavy atom. The number of nitrogens with zero attached hydrogens (tertiary/aromatic N) is 2. The van der Waals surface area contributed by atoms with Gasteiger partial charge < -0.3 is 19.7 Å². The fraction of sp³-hybridized carbons (Fsp3) is 0.273. The van der Waals surface area contributed by atoms with Crippen LogP contribution in [0, 0.1) is 0 Å². The van der Waals surface area contributed by atoms with Crippen LogP contribution in [0.5, 0.6) is 5.75 Å². The van der Waals surface area contributed by atoms with E-state index in [0.717, 1.165) is 0 Å². The third kappa shape index (κ3) is 5.89. The number of hydrogen-bond acceptors (Lipinski definition) is 6. The van der Waals surface area contributed by atoms with Crippen LogP contribution in [0.4, 0.5) is 5.69 Å². The van der Waals surface area contributed by atoms with Gasteiger partial charge in [-0.3, -0.25) is 14.4 Å². The summed E-state index contributed by atoms with van der Waals surface area (Å²) in [6, 6.07) is 13.7. The molecule has 0 unspecified atom stereocenters. The molecule has 3 amide bonds. The second-order valence-corrected chi connectivity index (χ2v) is 6.57. The molecule has 162 valence electrons. The Balaban J connectivity index is 1.63. The van der Waals surface area contributed by atoms with Crippen LogP contribution in [-0.4, -0.2) is 61.7 Å². The number of hydrazone groups is 1. The Morgan fingerprint density at radius 1 is 1.06 bits per heavy atom. The number of morpholine rings is 1. The molecule has 0 bridgehead atoms. The van der Waals surface area contributed by atoms with Crippen molar-refractivity contribution in [2.24, 2.45) is 5.10 Å². The predicted molar refractivity (Wildman–Crippen MR) is 115 cm³/mol. The number of carbonyl (C=O) groups excluding carboxylic acids is 3. The summed E-state index contributed by atoms with van der Waals surface area (Å²) < 4.78 is 10.7. The van der Waals surface area contributed by atoms with Gasteiger partial charge in [-0.25, -0.2) is 5.43 Å². The van der Waals surface area contributed by atoms with Crippen LogP contribution in [0.2, 0.25) is 0 Å². The molecule has 0 saturated carbocycles. The minimum Gasteiger partial charge on any atom is -0.493 e. The number of para-hydroxylation sites is 2. The maximum atomic E-state index is 12.8. The zero-order chi connectivity index (χ0) is 22.1. The van der Waals surface area contributed by atoms with E-state index >= 15 is 0 Å². The number of anilines is 1. The van der Waals surface area contributed by atoms with E-state index in [1.54, 1.807) is 47.4 Å². The average Bonchev–Trinajstić information content (AvgIpc) is 2.80. The average molecular weight is 424 g/mol. The number of ether oxygens (including phenoxy) is 2. The maximum Gasteiger partial charge on any atom is 0.329 e. The number of nitrogens with one attached hydrogen (secondary N) is 2. The standard InChI is InChI=1S/C22H24N4O5/c1-2-31-19-10-6-3-7-16(19)15-23-25-21(28)20(27)24-18-9-5-4-8-17(18)22(29)26-11-13-30-14-12-26/h3-10,15H,2,11-14H2,1H3,(H,24,27)(H,25,28)/b23-15+. The molecule has 9 nitrogen and oxygen atoms in total. The summed E-state index contributed by atoms with van der Waals surface area (Å²) in [5, 5.41) is 6.31. The Hall–Kier alpha value is -3.72. The van der Waals surface area contributed by atoms with Gasteiger partial charge in [0.15, 0.2) is 0 Å². The van der Waals surface area contributed by atoms with Gasteiger partial charge in [0.1, 0.15) is 5.75 Å². The van der Waals surface area contributed by atoms with Gasteiger partial charge in [0, 0.05) is 18.7 Å². The first-order valence-corrected chi connectivity index (χ1v) is 9.92. The molecule has 0 spiro atoms. The Morgan fingerprint density at radius 2 is 1.77 bits per heavy atom. The molecule has 1 aliphatic heterocycles. The molecule has 0 aromatic heterocycles. The summed E-state index contributed by atoms with van der Waals surface area (Å²) in [5.74, 6) is -1.51. The van der Waals surface area contributed by atoms with Crippen molar-refractivity contribution in [2.45, 2.75) is 6.92 Å². The van der Waals surface area contributed by atoms with Gasteiger partial charge >= 0.3 is 11.8 Å². The molecule has 1 heterocycles. The summed E-state index contributed by atoms with van der Waals surface area (Å²) in [6.07, 6.45) is 1.39. The third-order valence-electron chi connectivity index (χ3n) is 4.50. The van der Waals surface area contributed by atoms with Crippen molar-refractivity contribution >= 4 is 29.6 Å². The normalized spacial score (nSPS) is 13.6. The third-order valence-corrected chi connectivity index (χ3v) is 4.50. The van der Waals surface area contributed by atoms with E-state index in [4.69, 9.17) is 9.47 Å². The van der Waals surface area contributed by atoms with Crippen LogP contribution in [0.3, 0.4) is 0 Å². The van der Waals surface area contributed by atoms with Crippen molar-refractivity contribution < 1.29 is 23.9 Å². The van der Waals surface area contributed by atoms with E-state index in [0.29, 0.717) is 49.8 Å². The predicted octanol–water partition coefficient (Wildman–Crippen LogP) is 1.65. The molecular weight excluding hydrogens is 400 g/mol. The van der Waals surface area contributed by atoms with Crippen molar-refractivity contribution in [3.8, 4) is 5.75 Å². The summed E-state index contributed by atoms with van der Waals surface area (Å²) in [5.41, 5.74) is 3.40. The van der Waals surface area contributed by atoms with Crippen LogP contribution >= 0.6 is 0 Å². The summed E-state index contributed by atoms with van der Waals surface area (Å²) in [6.45, 7) is 4.23. The van der Waals surface area contributed by atoms with E-state index in [1.807, 2.05) is 13.0 Å². The van der Waals surface area contributed by atoms with Crippen LogP contribution in [0.1, 0.15) is 22.8 Å². The molecule has 31 heavy (non-hydrogen) atoms. The Kier molecular flexibility index (Phi) is 7.72. The van der Waals surface area contributed by atoms with Gasteiger partial charge in [0.2, 0.25) is 0 Å². The van der Waals surface area contributed by atoms with E-state index in [1.165, 1.54) is 6.21 Å². The lowest BCUT2D eigenvalue weighted by Crippen LogP contribution is -2.41. The summed E-state index contributed by atoms with van der Waals surface area (Å²) >= 11 is 0. The van der Waals surface area contributed by atoms with E-state index in [-0.39, 0.29) is 11.6 Å². The molecule has 2 aromatic carbocycles. The second-order valence-electron chi connectivity index (χ2n) is 6.57. The molecule has 9 heteroatoms. The first-order valence-electron chi connectivity index (χ1n) is 9.92. The van der Waals surface area contributed by atoms with Crippen LogP contribution in [0.25, 0.3) is 0 Å². The number of hydrogen-bond donors (Lipinski definition) is 2. The van der Waals surface area contributed by atoms with Crippen molar-refractivity contribution in [1.29, 1.82) is 0 Å². The quantitative estimate of drug-likeness (QED) is 0.416. The van der Waals surface area contributed by atoms with Gasteiger partial charge in [0.25, 0.3) is 5.91 Å². The molecule has 0 aliphatic carbocycles. The van der Waals surface area contributed by atoms with Crippen LogP contribution in [0.15, 0.2) is 53.6 Å². The fourth-order valence-electron chi connectivity index (χ4n) is 2.98. The lowest BCUT2D eigenvalue weighted by Gasteiger charge is -2.27. The zero-order valence-corrected chi connectivity index (χ0v) is 17.2. The Bertz CT molecular complexity index is 970. The molecule has 0 atom stereocenters. The van der Waals surface area contributed by atoms with Crippen LogP contribution < -0.4 is 15.5 Å². The molecule has 2 aromatic rings. The highest BCUT2D eigenvalue weighted by Gasteiger charge is 2.22. The van der Waals surface area contributed by atoms with E-state index in [9.17, 15) is 14.4 Å². The largest absolute Gasteiger partial charge is 0.493 e. The molecule has 2 N–H and O–H groups in total. The Labute approximate surface area is 180 Å². The van der Waals surface area contributed by atoms with Gasteiger partial charge in [-0.2, -0.15) is 5.10 Å². The SMILES string of the molecule is CCOc1ccccc1/C=N/NC(=O)C(=O)Nc1ccccc1C(=O)N1CCOCC1. The first-order chi connectivity index (χ1) is 15.1. The second kappa shape index (κ2) is 10.9.